The van der Waals surface area contributed by atoms with Crippen LogP contribution >= 0.6 is 0 Å². The van der Waals surface area contributed by atoms with Gasteiger partial charge in [0, 0.05) is 45.3 Å². The molecule has 2 heterocycles. The number of piperidine rings is 1. The third-order valence-electron chi connectivity index (χ3n) is 3.79. The van der Waals surface area contributed by atoms with E-state index in [0.29, 0.717) is 19.1 Å². The zero-order chi connectivity index (χ0) is 11.5. The number of likely N-dealkylation sites (N-methyl/N-ethyl adjacent to an activating group) is 1. The minimum Gasteiger partial charge on any atom is -0.465 e. The minimum atomic E-state index is -0.767. The maximum absolute atomic E-state index is 10.8. The molecule has 0 radical (unpaired) electrons. The Balaban J connectivity index is 1.78. The summed E-state index contributed by atoms with van der Waals surface area (Å²) in [6.07, 6.45) is 1.23. The van der Waals surface area contributed by atoms with E-state index in [2.05, 4.69) is 16.8 Å². The first-order valence-electron chi connectivity index (χ1n) is 6.07. The number of hydrogen-bond acceptors (Lipinski definition) is 3. The summed E-state index contributed by atoms with van der Waals surface area (Å²) in [6.45, 7) is 5.94. The molecular weight excluding hydrogens is 206 g/mol. The Kier molecular flexibility index (Phi) is 3.66. The highest BCUT2D eigenvalue weighted by Gasteiger charge is 2.27. The van der Waals surface area contributed by atoms with E-state index in [0.717, 1.165) is 39.0 Å². The van der Waals surface area contributed by atoms with Crippen LogP contribution in [0.4, 0.5) is 4.79 Å². The summed E-state index contributed by atoms with van der Waals surface area (Å²) in [7, 11) is 2.16. The first-order valence-corrected chi connectivity index (χ1v) is 6.07. The SMILES string of the molecule is CN1CCN(C2CCN(C(=O)O)CC2)CC1. The Hall–Kier alpha value is -0.810. The van der Waals surface area contributed by atoms with E-state index >= 15 is 0 Å². The molecule has 0 atom stereocenters. The molecule has 0 spiro atoms. The van der Waals surface area contributed by atoms with Crippen molar-refractivity contribution in [2.75, 3.05) is 46.3 Å². The number of nitrogens with zero attached hydrogens (tertiary/aromatic N) is 3. The van der Waals surface area contributed by atoms with E-state index in [1.165, 1.54) is 4.90 Å². The molecule has 2 saturated heterocycles. The molecule has 2 fully saturated rings. The molecule has 0 aromatic carbocycles. The maximum atomic E-state index is 10.8. The lowest BCUT2D eigenvalue weighted by atomic mass is 10.0. The molecule has 5 nitrogen and oxygen atoms in total. The lowest BCUT2D eigenvalue weighted by molar-refractivity contribution is 0.0658. The fourth-order valence-electron chi connectivity index (χ4n) is 2.61. The lowest BCUT2D eigenvalue weighted by Gasteiger charge is -2.41. The summed E-state index contributed by atoms with van der Waals surface area (Å²) >= 11 is 0. The van der Waals surface area contributed by atoms with E-state index in [9.17, 15) is 4.79 Å². The van der Waals surface area contributed by atoms with Gasteiger partial charge in [0.2, 0.25) is 0 Å². The van der Waals surface area contributed by atoms with Crippen LogP contribution in [-0.2, 0) is 0 Å². The van der Waals surface area contributed by atoms with E-state index in [-0.39, 0.29) is 0 Å². The van der Waals surface area contributed by atoms with Gasteiger partial charge >= 0.3 is 6.09 Å². The molecule has 1 amide bonds. The molecule has 2 rings (SSSR count). The van der Waals surface area contributed by atoms with Gasteiger partial charge in [0.1, 0.15) is 0 Å². The number of hydrogen-bond donors (Lipinski definition) is 1. The summed E-state index contributed by atoms with van der Waals surface area (Å²) in [5, 5.41) is 8.88. The highest BCUT2D eigenvalue weighted by atomic mass is 16.4. The Morgan fingerprint density at radius 1 is 1.06 bits per heavy atom. The van der Waals surface area contributed by atoms with Gasteiger partial charge in [0.25, 0.3) is 0 Å². The standard InChI is InChI=1S/C11H21N3O2/c1-12-6-8-13(9-7-12)10-2-4-14(5-3-10)11(15)16/h10H,2-9H2,1H3,(H,15,16). The van der Waals surface area contributed by atoms with Gasteiger partial charge in [-0.25, -0.2) is 4.79 Å². The topological polar surface area (TPSA) is 47.0 Å². The van der Waals surface area contributed by atoms with Crippen LogP contribution < -0.4 is 0 Å². The normalized spacial score (nSPS) is 25.9. The molecule has 1 N–H and O–H groups in total. The van der Waals surface area contributed by atoms with Crippen molar-refractivity contribution in [1.82, 2.24) is 14.7 Å². The lowest BCUT2D eigenvalue weighted by Crippen LogP contribution is -2.52. The van der Waals surface area contributed by atoms with Gasteiger partial charge in [-0.2, -0.15) is 0 Å². The van der Waals surface area contributed by atoms with Crippen LogP contribution in [0.15, 0.2) is 0 Å². The van der Waals surface area contributed by atoms with Crippen molar-refractivity contribution in [1.29, 1.82) is 0 Å². The van der Waals surface area contributed by atoms with E-state index in [1.807, 2.05) is 0 Å². The van der Waals surface area contributed by atoms with Gasteiger partial charge in [-0.05, 0) is 19.9 Å². The molecule has 2 aliphatic heterocycles. The molecule has 2 aliphatic rings. The highest BCUT2D eigenvalue weighted by molar-refractivity contribution is 5.65. The van der Waals surface area contributed by atoms with Crippen molar-refractivity contribution in [3.63, 3.8) is 0 Å². The minimum absolute atomic E-state index is 0.601. The fourth-order valence-corrected chi connectivity index (χ4v) is 2.61. The largest absolute Gasteiger partial charge is 0.465 e. The van der Waals surface area contributed by atoms with Crippen LogP contribution in [0.3, 0.4) is 0 Å². The van der Waals surface area contributed by atoms with Gasteiger partial charge in [-0.1, -0.05) is 0 Å². The summed E-state index contributed by atoms with van der Waals surface area (Å²) in [5.41, 5.74) is 0. The van der Waals surface area contributed by atoms with Gasteiger partial charge < -0.3 is 14.9 Å². The van der Waals surface area contributed by atoms with Crippen molar-refractivity contribution < 1.29 is 9.90 Å². The molecule has 0 bridgehead atoms. The van der Waals surface area contributed by atoms with Crippen LogP contribution in [0.25, 0.3) is 0 Å². The van der Waals surface area contributed by atoms with Crippen molar-refractivity contribution in [2.45, 2.75) is 18.9 Å². The third kappa shape index (κ3) is 2.65. The quantitative estimate of drug-likeness (QED) is 0.703. The maximum Gasteiger partial charge on any atom is 0.407 e. The Morgan fingerprint density at radius 3 is 2.12 bits per heavy atom. The van der Waals surface area contributed by atoms with Crippen LogP contribution in [0, 0.1) is 0 Å². The Morgan fingerprint density at radius 2 is 1.62 bits per heavy atom. The number of piperazine rings is 1. The predicted octanol–water partition coefficient (Wildman–Crippen LogP) is 0.376. The number of rotatable bonds is 1. The molecular formula is C11H21N3O2. The first kappa shape index (κ1) is 11.7. The second-order valence-electron chi connectivity index (χ2n) is 4.84. The molecule has 5 heteroatoms. The van der Waals surface area contributed by atoms with Crippen molar-refractivity contribution >= 4 is 6.09 Å². The van der Waals surface area contributed by atoms with E-state index < -0.39 is 6.09 Å². The molecule has 16 heavy (non-hydrogen) atoms. The van der Waals surface area contributed by atoms with E-state index in [4.69, 9.17) is 5.11 Å². The average molecular weight is 227 g/mol. The second-order valence-corrected chi connectivity index (χ2v) is 4.84. The molecule has 0 saturated carbocycles. The summed E-state index contributed by atoms with van der Waals surface area (Å²) in [6, 6.07) is 0.601. The van der Waals surface area contributed by atoms with Crippen LogP contribution in [0.1, 0.15) is 12.8 Å². The molecule has 0 aromatic rings. The van der Waals surface area contributed by atoms with Crippen molar-refractivity contribution in [2.24, 2.45) is 0 Å². The second kappa shape index (κ2) is 5.01. The number of amides is 1. The predicted molar refractivity (Wildman–Crippen MR) is 61.7 cm³/mol. The fraction of sp³-hybridized carbons (Fsp3) is 0.909. The third-order valence-corrected chi connectivity index (χ3v) is 3.79. The molecule has 0 aliphatic carbocycles. The smallest absolute Gasteiger partial charge is 0.407 e. The van der Waals surface area contributed by atoms with E-state index in [1.54, 1.807) is 0 Å². The van der Waals surface area contributed by atoms with Crippen molar-refractivity contribution in [3.05, 3.63) is 0 Å². The molecule has 0 aromatic heterocycles. The van der Waals surface area contributed by atoms with Gasteiger partial charge in [0.15, 0.2) is 0 Å². The first-order chi connectivity index (χ1) is 7.66. The van der Waals surface area contributed by atoms with Gasteiger partial charge in [-0.15, -0.1) is 0 Å². The Labute approximate surface area is 96.6 Å². The molecule has 92 valence electrons. The zero-order valence-corrected chi connectivity index (χ0v) is 9.93. The average Bonchev–Trinajstić information content (AvgIpc) is 2.30. The molecule has 0 unspecified atom stereocenters. The van der Waals surface area contributed by atoms with Crippen LogP contribution in [0.5, 0.6) is 0 Å². The van der Waals surface area contributed by atoms with Crippen LogP contribution in [-0.4, -0.2) is 78.3 Å². The van der Waals surface area contributed by atoms with Gasteiger partial charge in [-0.3, -0.25) is 4.90 Å². The number of carbonyl (C=O) groups is 1. The highest BCUT2D eigenvalue weighted by Crippen LogP contribution is 2.17. The van der Waals surface area contributed by atoms with Crippen LogP contribution in [0.2, 0.25) is 0 Å². The monoisotopic (exact) mass is 227 g/mol. The Bertz CT molecular complexity index is 244. The van der Waals surface area contributed by atoms with Gasteiger partial charge in [0.05, 0.1) is 0 Å². The number of carboxylic acid groups (broad SMARTS) is 1. The summed E-state index contributed by atoms with van der Waals surface area (Å²) in [5.74, 6) is 0. The zero-order valence-electron chi connectivity index (χ0n) is 9.93. The van der Waals surface area contributed by atoms with Crippen molar-refractivity contribution in [3.8, 4) is 0 Å². The number of likely N-dealkylation sites (tertiary alicyclic amines) is 1. The summed E-state index contributed by atoms with van der Waals surface area (Å²) in [4.78, 5) is 17.2. The summed E-state index contributed by atoms with van der Waals surface area (Å²) < 4.78 is 0.